The fraction of sp³-hybridized carbons (Fsp3) is 0.579. The number of amides is 1. The molecule has 0 spiro atoms. The first kappa shape index (κ1) is 16.5. The van der Waals surface area contributed by atoms with Crippen LogP contribution in [0.2, 0.25) is 0 Å². The zero-order valence-electron chi connectivity index (χ0n) is 14.0. The average molecular weight is 298 g/mol. The predicted octanol–water partition coefficient (Wildman–Crippen LogP) is 4.51. The van der Waals surface area contributed by atoms with Crippen LogP contribution in [0.15, 0.2) is 18.2 Å². The molecule has 1 aliphatic rings. The molecule has 0 aromatic heterocycles. The van der Waals surface area contributed by atoms with E-state index in [2.05, 4.69) is 32.2 Å². The van der Waals surface area contributed by atoms with E-state index >= 15 is 0 Å². The van der Waals surface area contributed by atoms with Crippen molar-refractivity contribution in [3.05, 3.63) is 29.3 Å². The largest absolute Gasteiger partial charge is 0.326 e. The van der Waals surface area contributed by atoms with Gasteiger partial charge in [0.25, 0.3) is 0 Å². The molecule has 3 atom stereocenters. The number of rotatable bonds is 3. The lowest BCUT2D eigenvalue weighted by Gasteiger charge is -2.36. The van der Waals surface area contributed by atoms with Crippen LogP contribution in [0, 0.1) is 41.9 Å². The van der Waals surface area contributed by atoms with Gasteiger partial charge in [-0.3, -0.25) is 4.79 Å². The van der Waals surface area contributed by atoms with Crippen LogP contribution >= 0.6 is 0 Å². The van der Waals surface area contributed by atoms with Crippen molar-refractivity contribution >= 4 is 11.6 Å². The van der Waals surface area contributed by atoms with E-state index in [-0.39, 0.29) is 11.8 Å². The van der Waals surface area contributed by atoms with E-state index in [1.807, 2.05) is 19.1 Å². The molecule has 1 aromatic rings. The van der Waals surface area contributed by atoms with E-state index in [9.17, 15) is 4.79 Å². The van der Waals surface area contributed by atoms with Crippen LogP contribution in [-0.4, -0.2) is 5.91 Å². The Balaban J connectivity index is 2.14. The van der Waals surface area contributed by atoms with Gasteiger partial charge in [0.15, 0.2) is 0 Å². The highest BCUT2D eigenvalue weighted by Gasteiger charge is 2.35. The number of carbonyl (C=O) groups is 1. The summed E-state index contributed by atoms with van der Waals surface area (Å²) in [5, 5.41) is 12.0. The van der Waals surface area contributed by atoms with Crippen LogP contribution in [0.5, 0.6) is 0 Å². The van der Waals surface area contributed by atoms with E-state index < -0.39 is 0 Å². The Bertz CT molecular complexity index is 586. The maximum Gasteiger partial charge on any atom is 0.227 e. The molecule has 1 amide bonds. The number of nitrogens with zero attached hydrogens (tertiary/aromatic N) is 1. The van der Waals surface area contributed by atoms with Crippen LogP contribution in [0.3, 0.4) is 0 Å². The van der Waals surface area contributed by atoms with Crippen molar-refractivity contribution in [1.82, 2.24) is 0 Å². The van der Waals surface area contributed by atoms with Crippen molar-refractivity contribution in [3.8, 4) is 6.07 Å². The first-order chi connectivity index (χ1) is 10.4. The molecule has 22 heavy (non-hydrogen) atoms. The Labute approximate surface area is 133 Å². The quantitative estimate of drug-likeness (QED) is 0.892. The molecular formula is C19H26N2O. The van der Waals surface area contributed by atoms with Gasteiger partial charge in [0.05, 0.1) is 11.6 Å². The van der Waals surface area contributed by atoms with E-state index in [0.29, 0.717) is 23.3 Å². The van der Waals surface area contributed by atoms with Crippen LogP contribution in [0.1, 0.15) is 51.2 Å². The van der Waals surface area contributed by atoms with Gasteiger partial charge in [-0.2, -0.15) is 5.26 Å². The lowest BCUT2D eigenvalue weighted by Crippen LogP contribution is -2.36. The lowest BCUT2D eigenvalue weighted by atomic mass is 9.70. The molecule has 1 aromatic carbocycles. The molecule has 3 unspecified atom stereocenters. The molecule has 1 N–H and O–H groups in total. The predicted molar refractivity (Wildman–Crippen MR) is 89.4 cm³/mol. The number of anilines is 1. The molecule has 118 valence electrons. The summed E-state index contributed by atoms with van der Waals surface area (Å²) < 4.78 is 0. The van der Waals surface area contributed by atoms with E-state index in [1.54, 1.807) is 6.07 Å². The Kier molecular flexibility index (Phi) is 5.24. The first-order valence-corrected chi connectivity index (χ1v) is 8.24. The minimum atomic E-state index is 0.0961. The standard InChI is InChI=1S/C19H26N2O/c1-12(2)16-7-5-13(3)9-17(16)19(22)21-18-8-6-15(11-20)10-14(18)4/h6,8,10,12-13,16-17H,5,7,9H2,1-4H3,(H,21,22). The molecule has 0 saturated heterocycles. The smallest absolute Gasteiger partial charge is 0.227 e. The fourth-order valence-corrected chi connectivity index (χ4v) is 3.60. The SMILES string of the molecule is Cc1cc(C#N)ccc1NC(=O)C1CC(C)CCC1C(C)C. The maximum atomic E-state index is 12.8. The van der Waals surface area contributed by atoms with E-state index in [1.165, 1.54) is 6.42 Å². The molecule has 0 radical (unpaired) electrons. The summed E-state index contributed by atoms with van der Waals surface area (Å²) >= 11 is 0. The lowest BCUT2D eigenvalue weighted by molar-refractivity contribution is -0.124. The summed E-state index contributed by atoms with van der Waals surface area (Å²) in [6.07, 6.45) is 3.34. The van der Waals surface area contributed by atoms with Gasteiger partial charge in [0, 0.05) is 11.6 Å². The highest BCUT2D eigenvalue weighted by atomic mass is 16.1. The third-order valence-electron chi connectivity index (χ3n) is 4.97. The molecular weight excluding hydrogens is 272 g/mol. The highest BCUT2D eigenvalue weighted by Crippen LogP contribution is 2.38. The number of nitrogens with one attached hydrogen (secondary N) is 1. The number of hydrogen-bond donors (Lipinski definition) is 1. The van der Waals surface area contributed by atoms with Gasteiger partial charge in [-0.1, -0.05) is 27.2 Å². The molecule has 1 saturated carbocycles. The van der Waals surface area contributed by atoms with Crippen molar-refractivity contribution in [1.29, 1.82) is 5.26 Å². The summed E-state index contributed by atoms with van der Waals surface area (Å²) in [6, 6.07) is 7.54. The van der Waals surface area contributed by atoms with E-state index in [0.717, 1.165) is 24.1 Å². The maximum absolute atomic E-state index is 12.8. The highest BCUT2D eigenvalue weighted by molar-refractivity contribution is 5.93. The van der Waals surface area contributed by atoms with Gasteiger partial charge in [-0.05, 0) is 61.3 Å². The average Bonchev–Trinajstić information content (AvgIpc) is 2.48. The Morgan fingerprint density at radius 1 is 1.36 bits per heavy atom. The van der Waals surface area contributed by atoms with Crippen LogP contribution in [0.25, 0.3) is 0 Å². The fourth-order valence-electron chi connectivity index (χ4n) is 3.60. The van der Waals surface area contributed by atoms with Gasteiger partial charge in [-0.25, -0.2) is 0 Å². The summed E-state index contributed by atoms with van der Waals surface area (Å²) in [5.41, 5.74) is 2.39. The zero-order chi connectivity index (χ0) is 16.3. The van der Waals surface area contributed by atoms with E-state index in [4.69, 9.17) is 5.26 Å². The van der Waals surface area contributed by atoms with Gasteiger partial charge < -0.3 is 5.32 Å². The van der Waals surface area contributed by atoms with Crippen molar-refractivity contribution in [2.75, 3.05) is 5.32 Å². The summed E-state index contributed by atoms with van der Waals surface area (Å²) in [7, 11) is 0. The van der Waals surface area contributed by atoms with Crippen LogP contribution in [0.4, 0.5) is 5.69 Å². The topological polar surface area (TPSA) is 52.9 Å². The van der Waals surface area contributed by atoms with Gasteiger partial charge in [0.2, 0.25) is 5.91 Å². The summed E-state index contributed by atoms with van der Waals surface area (Å²) in [5.74, 6) is 1.85. The summed E-state index contributed by atoms with van der Waals surface area (Å²) in [4.78, 5) is 12.8. The second-order valence-corrected chi connectivity index (χ2v) is 7.06. The minimum Gasteiger partial charge on any atom is -0.326 e. The number of hydrogen-bond acceptors (Lipinski definition) is 2. The second kappa shape index (κ2) is 6.96. The first-order valence-electron chi connectivity index (χ1n) is 8.24. The molecule has 3 nitrogen and oxygen atoms in total. The molecule has 0 aliphatic heterocycles. The van der Waals surface area contributed by atoms with Crippen molar-refractivity contribution in [2.24, 2.45) is 23.7 Å². The molecule has 1 aliphatic carbocycles. The Hall–Kier alpha value is -1.82. The van der Waals surface area contributed by atoms with Crippen molar-refractivity contribution in [3.63, 3.8) is 0 Å². The van der Waals surface area contributed by atoms with Gasteiger partial charge in [0.1, 0.15) is 0 Å². The van der Waals surface area contributed by atoms with Gasteiger partial charge >= 0.3 is 0 Å². The summed E-state index contributed by atoms with van der Waals surface area (Å²) in [6.45, 7) is 8.60. The normalized spacial score (nSPS) is 24.8. The zero-order valence-corrected chi connectivity index (χ0v) is 14.0. The minimum absolute atomic E-state index is 0.0961. The number of nitriles is 1. The van der Waals surface area contributed by atoms with Gasteiger partial charge in [-0.15, -0.1) is 0 Å². The Morgan fingerprint density at radius 2 is 2.09 bits per heavy atom. The van der Waals surface area contributed by atoms with Crippen molar-refractivity contribution in [2.45, 2.75) is 47.0 Å². The third-order valence-corrected chi connectivity index (χ3v) is 4.97. The molecule has 0 heterocycles. The van der Waals surface area contributed by atoms with Crippen LogP contribution in [-0.2, 0) is 4.79 Å². The number of carbonyl (C=O) groups excluding carboxylic acids is 1. The second-order valence-electron chi connectivity index (χ2n) is 7.06. The third kappa shape index (κ3) is 3.68. The monoisotopic (exact) mass is 298 g/mol. The molecule has 2 rings (SSSR count). The van der Waals surface area contributed by atoms with Crippen LogP contribution < -0.4 is 5.32 Å². The molecule has 3 heteroatoms. The molecule has 0 bridgehead atoms. The number of aryl methyl sites for hydroxylation is 1. The Morgan fingerprint density at radius 3 is 2.68 bits per heavy atom. The van der Waals surface area contributed by atoms with Crippen molar-refractivity contribution < 1.29 is 4.79 Å². The number of benzene rings is 1. The molecule has 1 fully saturated rings.